The quantitative estimate of drug-likeness (QED) is 0.602. The first-order valence-corrected chi connectivity index (χ1v) is 6.12. The summed E-state index contributed by atoms with van der Waals surface area (Å²) in [7, 11) is 0. The molecule has 0 spiro atoms. The molecule has 1 unspecified atom stereocenters. The highest BCUT2D eigenvalue weighted by atomic mass is 14.4. The fraction of sp³-hybridized carbons (Fsp3) is 0.714. The van der Waals surface area contributed by atoms with Crippen LogP contribution in [-0.2, 0) is 0 Å². The Morgan fingerprint density at radius 1 is 1.36 bits per heavy atom. The minimum absolute atomic E-state index is 0.578. The zero-order valence-corrected chi connectivity index (χ0v) is 9.77. The molecule has 0 heteroatoms. The van der Waals surface area contributed by atoms with E-state index >= 15 is 0 Å². The molecule has 0 heterocycles. The molecule has 0 fully saturated rings. The maximum absolute atomic E-state index is 2.40. The molecule has 1 atom stereocenters. The van der Waals surface area contributed by atoms with E-state index in [1.807, 2.05) is 0 Å². The van der Waals surface area contributed by atoms with Gasteiger partial charge in [-0.2, -0.15) is 0 Å². The van der Waals surface area contributed by atoms with Crippen LogP contribution in [0.15, 0.2) is 23.3 Å². The number of hydrogen-bond donors (Lipinski definition) is 0. The molecule has 0 N–H and O–H groups in total. The van der Waals surface area contributed by atoms with Crippen molar-refractivity contribution >= 4 is 0 Å². The lowest BCUT2D eigenvalue weighted by molar-refractivity contribution is 0.310. The lowest BCUT2D eigenvalue weighted by atomic mass is 9.72. The van der Waals surface area contributed by atoms with Crippen molar-refractivity contribution in [3.8, 4) is 0 Å². The molecular weight excluding hydrogens is 168 g/mol. The van der Waals surface area contributed by atoms with Gasteiger partial charge in [-0.3, -0.25) is 0 Å². The third kappa shape index (κ3) is 1.36. The van der Waals surface area contributed by atoms with Crippen LogP contribution in [0.2, 0.25) is 0 Å². The number of rotatable bonds is 2. The molecule has 0 saturated heterocycles. The maximum Gasteiger partial charge on any atom is -0.00841 e. The first-order chi connectivity index (χ1) is 6.72. The van der Waals surface area contributed by atoms with Gasteiger partial charge in [0.25, 0.3) is 0 Å². The second-order valence-corrected chi connectivity index (χ2v) is 5.03. The Balaban J connectivity index is 2.33. The van der Waals surface area contributed by atoms with Gasteiger partial charge in [0.2, 0.25) is 0 Å². The molecule has 0 aromatic carbocycles. The van der Waals surface area contributed by atoms with Crippen LogP contribution in [0.1, 0.15) is 52.9 Å². The summed E-state index contributed by atoms with van der Waals surface area (Å²) in [6.45, 7) is 7.07. The zero-order chi connectivity index (χ0) is 10.2. The average molecular weight is 190 g/mol. The molecular formula is C14H22. The van der Waals surface area contributed by atoms with Crippen LogP contribution in [-0.4, -0.2) is 0 Å². The second kappa shape index (κ2) is 3.56. The van der Waals surface area contributed by atoms with Crippen LogP contribution < -0.4 is 0 Å². The Hall–Kier alpha value is -0.520. The third-order valence-corrected chi connectivity index (χ3v) is 4.41. The monoisotopic (exact) mass is 190 g/mol. The normalized spacial score (nSPS) is 29.5. The largest absolute Gasteiger partial charge is 0.0811 e. The van der Waals surface area contributed by atoms with Gasteiger partial charge < -0.3 is 0 Å². The Morgan fingerprint density at radius 3 is 2.71 bits per heavy atom. The summed E-state index contributed by atoms with van der Waals surface area (Å²) < 4.78 is 0. The lowest BCUT2D eigenvalue weighted by Gasteiger charge is -2.32. The molecule has 0 radical (unpaired) electrons. The van der Waals surface area contributed by atoms with Gasteiger partial charge in [0.15, 0.2) is 0 Å². The van der Waals surface area contributed by atoms with E-state index in [9.17, 15) is 0 Å². The van der Waals surface area contributed by atoms with Crippen LogP contribution in [0, 0.1) is 11.3 Å². The molecule has 0 aromatic rings. The standard InChI is InChI=1S/C14H22/c1-4-14(5-2)9-8-12-7-6-11(3)10-13(12)14/h6-7,11H,4-5,8-10H2,1-3H3. The highest BCUT2D eigenvalue weighted by Crippen LogP contribution is 2.52. The first kappa shape index (κ1) is 10.0. The van der Waals surface area contributed by atoms with Crippen molar-refractivity contribution in [2.75, 3.05) is 0 Å². The molecule has 0 nitrogen and oxygen atoms in total. The van der Waals surface area contributed by atoms with Crippen molar-refractivity contribution in [3.05, 3.63) is 23.3 Å². The van der Waals surface area contributed by atoms with Gasteiger partial charge in [-0.05, 0) is 49.0 Å². The molecule has 2 rings (SSSR count). The van der Waals surface area contributed by atoms with E-state index in [2.05, 4.69) is 32.9 Å². The second-order valence-electron chi connectivity index (χ2n) is 5.03. The van der Waals surface area contributed by atoms with Gasteiger partial charge in [0.1, 0.15) is 0 Å². The Labute approximate surface area is 88.1 Å². The Morgan fingerprint density at radius 2 is 2.07 bits per heavy atom. The smallest absolute Gasteiger partial charge is 0.00841 e. The fourth-order valence-corrected chi connectivity index (χ4v) is 3.25. The summed E-state index contributed by atoms with van der Waals surface area (Å²) in [4.78, 5) is 0. The van der Waals surface area contributed by atoms with E-state index in [1.165, 1.54) is 32.1 Å². The summed E-state index contributed by atoms with van der Waals surface area (Å²) in [5, 5.41) is 0. The molecule has 0 amide bonds. The van der Waals surface area contributed by atoms with Gasteiger partial charge in [-0.15, -0.1) is 0 Å². The van der Waals surface area contributed by atoms with Crippen LogP contribution in [0.4, 0.5) is 0 Å². The fourth-order valence-electron chi connectivity index (χ4n) is 3.25. The number of hydrogen-bond acceptors (Lipinski definition) is 0. The van der Waals surface area contributed by atoms with Gasteiger partial charge in [-0.25, -0.2) is 0 Å². The molecule has 78 valence electrons. The maximum atomic E-state index is 2.40. The van der Waals surface area contributed by atoms with E-state index < -0.39 is 0 Å². The molecule has 14 heavy (non-hydrogen) atoms. The summed E-state index contributed by atoms with van der Waals surface area (Å²) in [5.41, 5.74) is 4.05. The van der Waals surface area contributed by atoms with E-state index in [4.69, 9.17) is 0 Å². The van der Waals surface area contributed by atoms with Crippen LogP contribution in [0.5, 0.6) is 0 Å². The van der Waals surface area contributed by atoms with E-state index in [-0.39, 0.29) is 0 Å². The van der Waals surface area contributed by atoms with Crippen molar-refractivity contribution in [2.24, 2.45) is 11.3 Å². The van der Waals surface area contributed by atoms with Crippen LogP contribution in [0.3, 0.4) is 0 Å². The van der Waals surface area contributed by atoms with Crippen molar-refractivity contribution < 1.29 is 0 Å². The summed E-state index contributed by atoms with van der Waals surface area (Å²) in [6.07, 6.45) is 11.5. The Kier molecular flexibility index (Phi) is 2.55. The van der Waals surface area contributed by atoms with Gasteiger partial charge in [0, 0.05) is 0 Å². The summed E-state index contributed by atoms with van der Waals surface area (Å²) in [5.74, 6) is 0.768. The molecule has 0 aliphatic heterocycles. The minimum atomic E-state index is 0.578. The topological polar surface area (TPSA) is 0 Å². The van der Waals surface area contributed by atoms with Gasteiger partial charge >= 0.3 is 0 Å². The minimum Gasteiger partial charge on any atom is -0.0811 e. The molecule has 0 aromatic heterocycles. The predicted molar refractivity (Wildman–Crippen MR) is 62.2 cm³/mol. The van der Waals surface area contributed by atoms with Crippen LogP contribution in [0.25, 0.3) is 0 Å². The highest BCUT2D eigenvalue weighted by molar-refractivity contribution is 5.39. The lowest BCUT2D eigenvalue weighted by Crippen LogP contribution is -2.20. The molecule has 0 saturated carbocycles. The molecule has 2 aliphatic carbocycles. The molecule has 2 aliphatic rings. The van der Waals surface area contributed by atoms with Crippen molar-refractivity contribution in [1.82, 2.24) is 0 Å². The van der Waals surface area contributed by atoms with Crippen molar-refractivity contribution in [2.45, 2.75) is 52.9 Å². The molecule has 0 bridgehead atoms. The van der Waals surface area contributed by atoms with Gasteiger partial charge in [-0.1, -0.05) is 38.5 Å². The zero-order valence-electron chi connectivity index (χ0n) is 9.77. The average Bonchev–Trinajstić information content (AvgIpc) is 2.57. The van der Waals surface area contributed by atoms with E-state index in [0.717, 1.165) is 5.92 Å². The highest BCUT2D eigenvalue weighted by Gasteiger charge is 2.38. The SMILES string of the molecule is CCC1(CC)CCC2=C1CC(C)C=C2. The first-order valence-electron chi connectivity index (χ1n) is 6.12. The van der Waals surface area contributed by atoms with Crippen LogP contribution >= 0.6 is 0 Å². The van der Waals surface area contributed by atoms with Crippen molar-refractivity contribution in [3.63, 3.8) is 0 Å². The number of allylic oxidation sites excluding steroid dienone is 4. The summed E-state index contributed by atoms with van der Waals surface area (Å²) >= 11 is 0. The predicted octanol–water partition coefficient (Wildman–Crippen LogP) is 4.48. The van der Waals surface area contributed by atoms with Crippen molar-refractivity contribution in [1.29, 1.82) is 0 Å². The third-order valence-electron chi connectivity index (χ3n) is 4.41. The van der Waals surface area contributed by atoms with E-state index in [1.54, 1.807) is 11.1 Å². The Bertz CT molecular complexity index is 276. The van der Waals surface area contributed by atoms with E-state index in [0.29, 0.717) is 5.41 Å². The van der Waals surface area contributed by atoms with Gasteiger partial charge in [0.05, 0.1) is 0 Å². The summed E-state index contributed by atoms with van der Waals surface area (Å²) in [6, 6.07) is 0.